The smallest absolute Gasteiger partial charge is 0.276 e. The predicted molar refractivity (Wildman–Crippen MR) is 79.6 cm³/mol. The first-order valence-electron chi connectivity index (χ1n) is 6.14. The molecular formula is C15H12F3NO2S. The summed E-state index contributed by atoms with van der Waals surface area (Å²) in [5, 5.41) is 0. The number of sulfonamides is 1. The molecule has 0 heterocycles. The maximum absolute atomic E-state index is 12.4. The Morgan fingerprint density at radius 3 is 2.14 bits per heavy atom. The number of hydrogen-bond acceptors (Lipinski definition) is 2. The standard InChI is InChI=1S/C15H12F3NO2S/c1-11(12-6-3-2-4-7-12)13-8-5-9-14(10-13)19-22(20,21)15(16,17)18/h2-10,19H,1H2. The van der Waals surface area contributed by atoms with E-state index in [-0.39, 0.29) is 5.69 Å². The summed E-state index contributed by atoms with van der Waals surface area (Å²) in [6, 6.07) is 14.7. The number of hydrogen-bond donors (Lipinski definition) is 1. The molecule has 116 valence electrons. The van der Waals surface area contributed by atoms with Crippen LogP contribution in [0.3, 0.4) is 0 Å². The van der Waals surface area contributed by atoms with Crippen molar-refractivity contribution < 1.29 is 21.6 Å². The summed E-state index contributed by atoms with van der Waals surface area (Å²) in [6.07, 6.45) is 0. The highest BCUT2D eigenvalue weighted by molar-refractivity contribution is 7.93. The van der Waals surface area contributed by atoms with Crippen molar-refractivity contribution in [3.05, 3.63) is 72.3 Å². The zero-order valence-electron chi connectivity index (χ0n) is 11.3. The third-order valence-electron chi connectivity index (χ3n) is 2.89. The molecule has 2 aromatic rings. The summed E-state index contributed by atoms with van der Waals surface area (Å²) in [5.74, 6) is 0. The molecule has 0 unspecified atom stereocenters. The lowest BCUT2D eigenvalue weighted by Gasteiger charge is -2.12. The van der Waals surface area contributed by atoms with Crippen LogP contribution in [0.15, 0.2) is 61.2 Å². The molecule has 0 bridgehead atoms. The maximum Gasteiger partial charge on any atom is 0.516 e. The zero-order valence-corrected chi connectivity index (χ0v) is 12.1. The molecule has 0 aliphatic rings. The second kappa shape index (κ2) is 5.84. The van der Waals surface area contributed by atoms with E-state index in [2.05, 4.69) is 6.58 Å². The number of rotatable bonds is 4. The molecule has 0 saturated heterocycles. The van der Waals surface area contributed by atoms with Gasteiger partial charge in [-0.05, 0) is 28.8 Å². The molecule has 0 saturated carbocycles. The summed E-state index contributed by atoms with van der Waals surface area (Å²) in [7, 11) is -5.44. The molecule has 0 aliphatic heterocycles. The third-order valence-corrected chi connectivity index (χ3v) is 4.00. The number of nitrogens with one attached hydrogen (secondary N) is 1. The van der Waals surface area contributed by atoms with Crippen LogP contribution in [0.4, 0.5) is 18.9 Å². The first-order valence-corrected chi connectivity index (χ1v) is 7.63. The molecule has 0 atom stereocenters. The van der Waals surface area contributed by atoms with Crippen LogP contribution in [0, 0.1) is 0 Å². The van der Waals surface area contributed by atoms with E-state index in [1.807, 2.05) is 6.07 Å². The fourth-order valence-electron chi connectivity index (χ4n) is 1.79. The van der Waals surface area contributed by atoms with Gasteiger partial charge in [0, 0.05) is 5.69 Å². The molecule has 0 fully saturated rings. The largest absolute Gasteiger partial charge is 0.516 e. The Bertz CT molecular complexity index is 784. The molecule has 0 amide bonds. The fourth-order valence-corrected chi connectivity index (χ4v) is 2.34. The molecule has 0 aromatic heterocycles. The lowest BCUT2D eigenvalue weighted by atomic mass is 9.99. The van der Waals surface area contributed by atoms with Crippen LogP contribution in [0.1, 0.15) is 11.1 Å². The zero-order chi connectivity index (χ0) is 16.4. The van der Waals surface area contributed by atoms with E-state index in [0.29, 0.717) is 11.1 Å². The van der Waals surface area contributed by atoms with Gasteiger partial charge in [0.2, 0.25) is 0 Å². The first-order chi connectivity index (χ1) is 10.2. The number of anilines is 1. The highest BCUT2D eigenvalue weighted by Gasteiger charge is 2.46. The first kappa shape index (κ1) is 16.1. The summed E-state index contributed by atoms with van der Waals surface area (Å²) in [4.78, 5) is 0. The van der Waals surface area contributed by atoms with Crippen LogP contribution < -0.4 is 4.72 Å². The molecule has 22 heavy (non-hydrogen) atoms. The molecule has 0 spiro atoms. The van der Waals surface area contributed by atoms with E-state index in [1.165, 1.54) is 22.9 Å². The average molecular weight is 327 g/mol. The average Bonchev–Trinajstić information content (AvgIpc) is 2.46. The normalized spacial score (nSPS) is 12.0. The second-order valence-electron chi connectivity index (χ2n) is 4.48. The van der Waals surface area contributed by atoms with E-state index >= 15 is 0 Å². The monoisotopic (exact) mass is 327 g/mol. The number of benzene rings is 2. The minimum Gasteiger partial charge on any atom is -0.276 e. The Morgan fingerprint density at radius 2 is 1.55 bits per heavy atom. The topological polar surface area (TPSA) is 46.2 Å². The quantitative estimate of drug-likeness (QED) is 0.922. The van der Waals surface area contributed by atoms with Crippen LogP contribution in [-0.4, -0.2) is 13.9 Å². The van der Waals surface area contributed by atoms with Gasteiger partial charge < -0.3 is 0 Å². The van der Waals surface area contributed by atoms with Gasteiger partial charge in [0.15, 0.2) is 0 Å². The van der Waals surface area contributed by atoms with Gasteiger partial charge in [0.05, 0.1) is 0 Å². The van der Waals surface area contributed by atoms with Gasteiger partial charge >= 0.3 is 15.5 Å². The van der Waals surface area contributed by atoms with E-state index < -0.39 is 15.5 Å². The van der Waals surface area contributed by atoms with Gasteiger partial charge in [0.25, 0.3) is 0 Å². The third kappa shape index (κ3) is 3.48. The molecular weight excluding hydrogens is 315 g/mol. The Balaban J connectivity index is 2.30. The van der Waals surface area contributed by atoms with E-state index in [1.54, 1.807) is 30.3 Å². The Morgan fingerprint density at radius 1 is 0.955 bits per heavy atom. The molecule has 3 nitrogen and oxygen atoms in total. The Labute approximate surface area is 126 Å². The highest BCUT2D eigenvalue weighted by Crippen LogP contribution is 2.28. The Hall–Kier alpha value is -2.28. The van der Waals surface area contributed by atoms with Crippen LogP contribution in [0.25, 0.3) is 5.57 Å². The minimum atomic E-state index is -5.44. The van der Waals surface area contributed by atoms with Gasteiger partial charge in [-0.25, -0.2) is 0 Å². The summed E-state index contributed by atoms with van der Waals surface area (Å²) >= 11 is 0. The predicted octanol–water partition coefficient (Wildman–Crippen LogP) is 4.01. The van der Waals surface area contributed by atoms with Crippen molar-refractivity contribution in [2.45, 2.75) is 5.51 Å². The summed E-state index contributed by atoms with van der Waals surface area (Å²) < 4.78 is 60.9. The minimum absolute atomic E-state index is 0.174. The van der Waals surface area contributed by atoms with Gasteiger partial charge in [-0.3, -0.25) is 4.72 Å². The van der Waals surface area contributed by atoms with Crippen LogP contribution in [0.5, 0.6) is 0 Å². The maximum atomic E-state index is 12.4. The van der Waals surface area contributed by atoms with Gasteiger partial charge in [-0.1, -0.05) is 49.0 Å². The molecule has 0 aliphatic carbocycles. The SMILES string of the molecule is C=C(c1ccccc1)c1cccc(NS(=O)(=O)C(F)(F)F)c1. The summed E-state index contributed by atoms with van der Waals surface area (Å²) in [5.41, 5.74) is -3.65. The molecule has 2 rings (SSSR count). The van der Waals surface area contributed by atoms with Crippen molar-refractivity contribution in [3.63, 3.8) is 0 Å². The van der Waals surface area contributed by atoms with Crippen LogP contribution in [0.2, 0.25) is 0 Å². The van der Waals surface area contributed by atoms with E-state index in [9.17, 15) is 21.6 Å². The fraction of sp³-hybridized carbons (Fsp3) is 0.0667. The number of halogens is 3. The van der Waals surface area contributed by atoms with Crippen molar-refractivity contribution in [1.29, 1.82) is 0 Å². The van der Waals surface area contributed by atoms with E-state index in [0.717, 1.165) is 5.56 Å². The van der Waals surface area contributed by atoms with Crippen LogP contribution in [-0.2, 0) is 10.0 Å². The van der Waals surface area contributed by atoms with Crippen molar-refractivity contribution in [2.24, 2.45) is 0 Å². The van der Waals surface area contributed by atoms with Gasteiger partial charge in [0.1, 0.15) is 0 Å². The molecule has 2 aromatic carbocycles. The van der Waals surface area contributed by atoms with Gasteiger partial charge in [-0.2, -0.15) is 21.6 Å². The molecule has 1 N–H and O–H groups in total. The van der Waals surface area contributed by atoms with Crippen molar-refractivity contribution in [1.82, 2.24) is 0 Å². The lowest BCUT2D eigenvalue weighted by molar-refractivity contribution is -0.0429. The Kier molecular flexibility index (Phi) is 4.27. The van der Waals surface area contributed by atoms with Crippen LogP contribution >= 0.6 is 0 Å². The molecule has 0 radical (unpaired) electrons. The van der Waals surface area contributed by atoms with Crippen molar-refractivity contribution in [2.75, 3.05) is 4.72 Å². The highest BCUT2D eigenvalue weighted by atomic mass is 32.2. The summed E-state index contributed by atoms with van der Waals surface area (Å²) in [6.45, 7) is 3.88. The second-order valence-corrected chi connectivity index (χ2v) is 6.15. The molecule has 7 heteroatoms. The number of alkyl halides is 3. The van der Waals surface area contributed by atoms with Crippen molar-refractivity contribution in [3.8, 4) is 0 Å². The lowest BCUT2D eigenvalue weighted by Crippen LogP contribution is -2.29. The van der Waals surface area contributed by atoms with Gasteiger partial charge in [-0.15, -0.1) is 0 Å². The van der Waals surface area contributed by atoms with E-state index in [4.69, 9.17) is 0 Å². The van der Waals surface area contributed by atoms with Crippen molar-refractivity contribution >= 4 is 21.3 Å².